The molecule has 0 heterocycles. The zero-order valence-electron chi connectivity index (χ0n) is 47.2. The predicted molar refractivity (Wildman–Crippen MR) is 311 cm³/mol. The number of allylic oxidation sites excluding steroid dienone is 16. The van der Waals surface area contributed by atoms with Gasteiger partial charge in [-0.05, 0) is 83.5 Å². The van der Waals surface area contributed by atoms with Crippen molar-refractivity contribution in [2.24, 2.45) is 0 Å². The summed E-state index contributed by atoms with van der Waals surface area (Å²) in [7, 11) is 0. The van der Waals surface area contributed by atoms with Gasteiger partial charge in [0.1, 0.15) is 13.2 Å². The summed E-state index contributed by atoms with van der Waals surface area (Å²) < 4.78 is 16.8. The van der Waals surface area contributed by atoms with Crippen LogP contribution in [0.15, 0.2) is 97.2 Å². The molecule has 1 atom stereocenters. The van der Waals surface area contributed by atoms with Crippen LogP contribution in [0.3, 0.4) is 0 Å². The lowest BCUT2D eigenvalue weighted by molar-refractivity contribution is -0.167. The predicted octanol–water partition coefficient (Wildman–Crippen LogP) is 20.5. The molecule has 6 nitrogen and oxygen atoms in total. The summed E-state index contributed by atoms with van der Waals surface area (Å²) in [6.45, 7) is 6.50. The Morgan fingerprint density at radius 3 is 0.847 bits per heavy atom. The second-order valence-corrected chi connectivity index (χ2v) is 19.9. The Morgan fingerprint density at radius 1 is 0.292 bits per heavy atom. The van der Waals surface area contributed by atoms with E-state index in [1.165, 1.54) is 135 Å². The lowest BCUT2D eigenvalue weighted by atomic mass is 10.0. The normalized spacial score (nSPS) is 12.8. The van der Waals surface area contributed by atoms with Crippen molar-refractivity contribution in [1.82, 2.24) is 0 Å². The van der Waals surface area contributed by atoms with E-state index in [1.807, 2.05) is 0 Å². The van der Waals surface area contributed by atoms with Crippen molar-refractivity contribution in [3.05, 3.63) is 97.2 Å². The van der Waals surface area contributed by atoms with E-state index in [2.05, 4.69) is 118 Å². The second kappa shape index (κ2) is 59.9. The van der Waals surface area contributed by atoms with E-state index in [0.717, 1.165) is 109 Å². The fraction of sp³-hybridized carbons (Fsp3) is 0.712. The Morgan fingerprint density at radius 2 is 0.542 bits per heavy atom. The van der Waals surface area contributed by atoms with Gasteiger partial charge < -0.3 is 14.2 Å². The number of ether oxygens (including phenoxy) is 3. The third kappa shape index (κ3) is 57.2. The Hall–Kier alpha value is -3.67. The summed E-state index contributed by atoms with van der Waals surface area (Å²) in [4.78, 5) is 38.1. The van der Waals surface area contributed by atoms with Gasteiger partial charge in [-0.25, -0.2) is 0 Å². The second-order valence-electron chi connectivity index (χ2n) is 19.9. The molecule has 72 heavy (non-hydrogen) atoms. The van der Waals surface area contributed by atoms with Crippen LogP contribution in [0.1, 0.15) is 284 Å². The SMILES string of the molecule is CC/C=C\C/C=C\C/C=C\C/C=C\C/C=C\C/C=C\C/C=C\C/C=C\CCCCC(=O)OCC(COC(=O)CCCCCCCCCCCCC)OC(=O)CCCCCCCCCCCCCCCCCC. The highest BCUT2D eigenvalue weighted by molar-refractivity contribution is 5.71. The number of hydrogen-bond donors (Lipinski definition) is 0. The first-order chi connectivity index (χ1) is 35.5. The highest BCUT2D eigenvalue weighted by atomic mass is 16.6. The molecule has 0 spiro atoms. The average Bonchev–Trinajstić information content (AvgIpc) is 3.38. The summed E-state index contributed by atoms with van der Waals surface area (Å²) in [5.41, 5.74) is 0. The molecule has 0 rings (SSSR count). The molecular weight excluding hydrogens is 889 g/mol. The summed E-state index contributed by atoms with van der Waals surface area (Å²) >= 11 is 0. The van der Waals surface area contributed by atoms with Crippen molar-refractivity contribution in [2.75, 3.05) is 13.2 Å². The van der Waals surface area contributed by atoms with Crippen molar-refractivity contribution in [2.45, 2.75) is 290 Å². The van der Waals surface area contributed by atoms with Gasteiger partial charge in [-0.1, -0.05) is 279 Å². The topological polar surface area (TPSA) is 78.9 Å². The van der Waals surface area contributed by atoms with Crippen LogP contribution in [0.4, 0.5) is 0 Å². The van der Waals surface area contributed by atoms with Crippen molar-refractivity contribution in [3.63, 3.8) is 0 Å². The van der Waals surface area contributed by atoms with E-state index in [1.54, 1.807) is 0 Å². The summed E-state index contributed by atoms with van der Waals surface area (Å²) in [6, 6.07) is 0. The quantitative estimate of drug-likeness (QED) is 0.0261. The molecule has 6 heteroatoms. The van der Waals surface area contributed by atoms with Gasteiger partial charge in [0, 0.05) is 19.3 Å². The van der Waals surface area contributed by atoms with Crippen molar-refractivity contribution >= 4 is 17.9 Å². The van der Waals surface area contributed by atoms with Gasteiger partial charge in [0.15, 0.2) is 6.10 Å². The van der Waals surface area contributed by atoms with E-state index in [-0.39, 0.29) is 31.1 Å². The minimum absolute atomic E-state index is 0.0878. The molecule has 0 fully saturated rings. The van der Waals surface area contributed by atoms with Gasteiger partial charge in [0.25, 0.3) is 0 Å². The first-order valence-electron chi connectivity index (χ1n) is 30.2. The molecule has 0 N–H and O–H groups in total. The molecule has 0 radical (unpaired) electrons. The molecule has 0 bridgehead atoms. The molecule has 0 amide bonds. The molecule has 0 aromatic rings. The molecule has 0 aromatic heterocycles. The van der Waals surface area contributed by atoms with Crippen LogP contribution in [0.5, 0.6) is 0 Å². The highest BCUT2D eigenvalue weighted by Crippen LogP contribution is 2.16. The summed E-state index contributed by atoms with van der Waals surface area (Å²) in [5, 5.41) is 0. The first-order valence-corrected chi connectivity index (χ1v) is 30.2. The summed E-state index contributed by atoms with van der Waals surface area (Å²) in [6.07, 6.45) is 79.8. The molecule has 1 unspecified atom stereocenters. The van der Waals surface area contributed by atoms with Gasteiger partial charge in [0.05, 0.1) is 0 Å². The Labute approximate surface area is 445 Å². The summed E-state index contributed by atoms with van der Waals surface area (Å²) in [5.74, 6) is -0.926. The zero-order valence-corrected chi connectivity index (χ0v) is 47.2. The Bertz CT molecular complexity index is 1430. The van der Waals surface area contributed by atoms with Crippen molar-refractivity contribution in [3.8, 4) is 0 Å². The van der Waals surface area contributed by atoms with Crippen LogP contribution < -0.4 is 0 Å². The maximum Gasteiger partial charge on any atom is 0.306 e. The van der Waals surface area contributed by atoms with Gasteiger partial charge in [0.2, 0.25) is 0 Å². The maximum absolute atomic E-state index is 12.9. The molecule has 412 valence electrons. The monoisotopic (exact) mass is 1000 g/mol. The van der Waals surface area contributed by atoms with Gasteiger partial charge in [-0.3, -0.25) is 14.4 Å². The maximum atomic E-state index is 12.9. The highest BCUT2D eigenvalue weighted by Gasteiger charge is 2.19. The fourth-order valence-electron chi connectivity index (χ4n) is 8.34. The van der Waals surface area contributed by atoms with Crippen LogP contribution in [0.2, 0.25) is 0 Å². The number of hydrogen-bond acceptors (Lipinski definition) is 6. The first kappa shape index (κ1) is 68.3. The standard InChI is InChI=1S/C66H112O6/c1-4-7-10-13-16-19-22-24-26-28-29-30-31-32-33-34-35-36-37-38-40-41-44-47-50-53-56-59-65(68)71-62-63(61-70-64(67)58-55-52-49-46-43-21-18-15-12-9-6-3)72-66(69)60-57-54-51-48-45-42-39-27-25-23-20-17-14-11-8-5-2/h7,10,16,19,24,26,29-30,32-33,35-36,38,40,44,47,63H,4-6,8-9,11-15,17-18,20-23,25,27-28,31,34,37,39,41-43,45-46,48-62H2,1-3H3/b10-7-,19-16-,26-24-,30-29-,33-32-,36-35-,40-38-,47-44-. The van der Waals surface area contributed by atoms with Crippen LogP contribution in [-0.4, -0.2) is 37.2 Å². The molecule has 0 saturated heterocycles. The van der Waals surface area contributed by atoms with E-state index >= 15 is 0 Å². The molecule has 0 aliphatic heterocycles. The molecule has 0 saturated carbocycles. The van der Waals surface area contributed by atoms with Crippen LogP contribution in [0, 0.1) is 0 Å². The van der Waals surface area contributed by atoms with Gasteiger partial charge in [-0.15, -0.1) is 0 Å². The number of carbonyl (C=O) groups is 3. The lowest BCUT2D eigenvalue weighted by Crippen LogP contribution is -2.30. The average molecular weight is 1000 g/mol. The van der Waals surface area contributed by atoms with Crippen LogP contribution >= 0.6 is 0 Å². The van der Waals surface area contributed by atoms with E-state index in [0.29, 0.717) is 19.3 Å². The van der Waals surface area contributed by atoms with Crippen molar-refractivity contribution < 1.29 is 28.6 Å². The lowest BCUT2D eigenvalue weighted by Gasteiger charge is -2.18. The number of carbonyl (C=O) groups excluding carboxylic acids is 3. The van der Waals surface area contributed by atoms with E-state index in [4.69, 9.17) is 14.2 Å². The number of unbranched alkanes of at least 4 members (excludes halogenated alkanes) is 27. The minimum Gasteiger partial charge on any atom is -0.462 e. The Kier molecular flexibility index (Phi) is 56.8. The van der Waals surface area contributed by atoms with Crippen LogP contribution in [-0.2, 0) is 28.6 Å². The zero-order chi connectivity index (χ0) is 52.2. The van der Waals surface area contributed by atoms with Crippen molar-refractivity contribution in [1.29, 1.82) is 0 Å². The third-order valence-corrected chi connectivity index (χ3v) is 12.9. The molecule has 0 aromatic carbocycles. The van der Waals surface area contributed by atoms with Gasteiger partial charge >= 0.3 is 17.9 Å². The smallest absolute Gasteiger partial charge is 0.306 e. The number of esters is 3. The van der Waals surface area contributed by atoms with Gasteiger partial charge in [-0.2, -0.15) is 0 Å². The molecule has 0 aliphatic rings. The molecular formula is C66H112O6. The molecule has 0 aliphatic carbocycles. The third-order valence-electron chi connectivity index (χ3n) is 12.9. The Balaban J connectivity index is 4.37. The number of rotatable bonds is 54. The largest absolute Gasteiger partial charge is 0.462 e. The van der Waals surface area contributed by atoms with Crippen LogP contribution in [0.25, 0.3) is 0 Å². The van der Waals surface area contributed by atoms with E-state index < -0.39 is 6.10 Å². The minimum atomic E-state index is -0.792. The fourth-order valence-corrected chi connectivity index (χ4v) is 8.34. The van der Waals surface area contributed by atoms with E-state index in [9.17, 15) is 14.4 Å².